The SMILES string of the molecule is CC(C)Cc1ccc(-c2nnc(C/C=C\C=C3\CCCC(C)C3)s2)cc1C#N. The fourth-order valence-corrected chi connectivity index (χ4v) is 4.55. The maximum atomic E-state index is 9.48. The summed E-state index contributed by atoms with van der Waals surface area (Å²) in [4.78, 5) is 0. The largest absolute Gasteiger partial charge is 0.192 e. The number of hydrogen-bond acceptors (Lipinski definition) is 4. The Morgan fingerprint density at radius 3 is 2.93 bits per heavy atom. The number of nitriles is 1. The number of benzene rings is 1. The molecule has 1 aromatic carbocycles. The van der Waals surface area contributed by atoms with Crippen LogP contribution in [0, 0.1) is 23.2 Å². The molecule has 28 heavy (non-hydrogen) atoms. The average molecular weight is 392 g/mol. The molecule has 0 bridgehead atoms. The van der Waals surface area contributed by atoms with Gasteiger partial charge in [-0.05, 0) is 49.1 Å². The van der Waals surface area contributed by atoms with Crippen LogP contribution in [0.2, 0.25) is 0 Å². The zero-order valence-corrected chi connectivity index (χ0v) is 17.9. The van der Waals surface area contributed by atoms with E-state index in [2.05, 4.69) is 67.4 Å². The molecule has 0 saturated heterocycles. The maximum absolute atomic E-state index is 9.48. The van der Waals surface area contributed by atoms with Crippen molar-refractivity contribution < 1.29 is 0 Å². The van der Waals surface area contributed by atoms with Crippen molar-refractivity contribution in [3.8, 4) is 16.6 Å². The van der Waals surface area contributed by atoms with Crippen molar-refractivity contribution >= 4 is 11.3 Å². The Bertz CT molecular complexity index is 899. The highest BCUT2D eigenvalue weighted by molar-refractivity contribution is 7.14. The molecule has 0 spiro atoms. The standard InChI is InChI=1S/C24H29N3S/c1-17(2)13-20-11-12-21(15-22(20)16-25)24-27-26-23(28-24)10-5-4-8-19-9-6-7-18(3)14-19/h4-5,8,11-12,15,17-18H,6-7,9-10,13-14H2,1-3H3/b5-4-,19-8-. The normalized spacial score (nSPS) is 18.8. The fourth-order valence-electron chi connectivity index (χ4n) is 3.74. The molecule has 146 valence electrons. The van der Waals surface area contributed by atoms with Crippen LogP contribution < -0.4 is 0 Å². The van der Waals surface area contributed by atoms with Gasteiger partial charge in [-0.1, -0.05) is 74.5 Å². The van der Waals surface area contributed by atoms with E-state index in [9.17, 15) is 5.26 Å². The molecule has 1 fully saturated rings. The van der Waals surface area contributed by atoms with Gasteiger partial charge in [-0.2, -0.15) is 5.26 Å². The Labute approximate surface area is 172 Å². The molecule has 3 rings (SSSR count). The molecule has 1 atom stereocenters. The van der Waals surface area contributed by atoms with E-state index in [1.165, 1.54) is 25.7 Å². The Morgan fingerprint density at radius 2 is 2.18 bits per heavy atom. The van der Waals surface area contributed by atoms with E-state index in [-0.39, 0.29) is 0 Å². The number of aromatic nitrogens is 2. The molecule has 1 heterocycles. The van der Waals surface area contributed by atoms with Gasteiger partial charge in [-0.15, -0.1) is 10.2 Å². The Morgan fingerprint density at radius 1 is 1.32 bits per heavy atom. The van der Waals surface area contributed by atoms with Gasteiger partial charge in [0.1, 0.15) is 10.0 Å². The van der Waals surface area contributed by atoms with Crippen LogP contribution >= 0.6 is 11.3 Å². The Hall–Kier alpha value is -2.25. The van der Waals surface area contributed by atoms with Crippen LogP contribution in [0.15, 0.2) is 42.0 Å². The monoisotopic (exact) mass is 391 g/mol. The van der Waals surface area contributed by atoms with E-state index in [0.717, 1.165) is 45.5 Å². The molecule has 1 aromatic heterocycles. The summed E-state index contributed by atoms with van der Waals surface area (Å²) in [6, 6.07) is 8.41. The van der Waals surface area contributed by atoms with Gasteiger partial charge in [0.15, 0.2) is 0 Å². The molecule has 0 radical (unpaired) electrons. The van der Waals surface area contributed by atoms with E-state index in [0.29, 0.717) is 5.92 Å². The molecule has 1 aliphatic rings. The Balaban J connectivity index is 1.64. The highest BCUT2D eigenvalue weighted by atomic mass is 32.1. The third-order valence-electron chi connectivity index (χ3n) is 5.14. The summed E-state index contributed by atoms with van der Waals surface area (Å²) >= 11 is 1.61. The average Bonchev–Trinajstić information content (AvgIpc) is 3.14. The zero-order valence-electron chi connectivity index (χ0n) is 17.1. The molecule has 3 nitrogen and oxygen atoms in total. The highest BCUT2D eigenvalue weighted by Crippen LogP contribution is 2.28. The van der Waals surface area contributed by atoms with E-state index >= 15 is 0 Å². The van der Waals surface area contributed by atoms with Crippen LogP contribution in [0.3, 0.4) is 0 Å². The van der Waals surface area contributed by atoms with Gasteiger partial charge < -0.3 is 0 Å². The van der Waals surface area contributed by atoms with Crippen LogP contribution in [0.4, 0.5) is 0 Å². The second-order valence-corrected chi connectivity index (χ2v) is 9.30. The fraction of sp³-hybridized carbons (Fsp3) is 0.458. The first-order chi connectivity index (χ1) is 13.5. The quantitative estimate of drug-likeness (QED) is 0.564. The number of allylic oxidation sites excluding steroid dienone is 4. The van der Waals surface area contributed by atoms with Crippen molar-refractivity contribution in [2.24, 2.45) is 11.8 Å². The number of rotatable bonds is 6. The third kappa shape index (κ3) is 5.62. The van der Waals surface area contributed by atoms with Gasteiger partial charge >= 0.3 is 0 Å². The van der Waals surface area contributed by atoms with Gasteiger partial charge in [-0.3, -0.25) is 0 Å². The minimum atomic E-state index is 0.532. The highest BCUT2D eigenvalue weighted by Gasteiger charge is 2.12. The lowest BCUT2D eigenvalue weighted by Gasteiger charge is -2.19. The van der Waals surface area contributed by atoms with Crippen molar-refractivity contribution in [3.63, 3.8) is 0 Å². The van der Waals surface area contributed by atoms with Crippen LogP contribution in [-0.4, -0.2) is 10.2 Å². The molecule has 4 heteroatoms. The van der Waals surface area contributed by atoms with Gasteiger partial charge in [0.25, 0.3) is 0 Å². The summed E-state index contributed by atoms with van der Waals surface area (Å²) in [5, 5.41) is 20.0. The summed E-state index contributed by atoms with van der Waals surface area (Å²) in [5.74, 6) is 1.36. The van der Waals surface area contributed by atoms with Crippen molar-refractivity contribution in [1.29, 1.82) is 5.26 Å². The molecule has 0 N–H and O–H groups in total. The zero-order chi connectivity index (χ0) is 19.9. The lowest BCUT2D eigenvalue weighted by Crippen LogP contribution is -2.03. The first kappa shape index (κ1) is 20.5. The second-order valence-electron chi connectivity index (χ2n) is 8.24. The third-order valence-corrected chi connectivity index (χ3v) is 6.13. The molecule has 0 amide bonds. The van der Waals surface area contributed by atoms with E-state index in [4.69, 9.17) is 0 Å². The molecular formula is C24H29N3S. The second kappa shape index (κ2) is 9.80. The summed E-state index contributed by atoms with van der Waals surface area (Å²) in [6.45, 7) is 6.68. The van der Waals surface area contributed by atoms with E-state index < -0.39 is 0 Å². The predicted octanol–water partition coefficient (Wildman–Crippen LogP) is 6.51. The Kier molecular flexibility index (Phi) is 7.17. The van der Waals surface area contributed by atoms with Crippen LogP contribution in [0.5, 0.6) is 0 Å². The van der Waals surface area contributed by atoms with Crippen molar-refractivity contribution in [2.45, 2.75) is 59.3 Å². The molecule has 0 aliphatic heterocycles. The first-order valence-corrected chi connectivity index (χ1v) is 11.1. The lowest BCUT2D eigenvalue weighted by atomic mass is 9.86. The smallest absolute Gasteiger partial charge is 0.147 e. The van der Waals surface area contributed by atoms with E-state index in [1.54, 1.807) is 16.9 Å². The molecular weight excluding hydrogens is 362 g/mol. The first-order valence-electron chi connectivity index (χ1n) is 10.3. The van der Waals surface area contributed by atoms with Crippen molar-refractivity contribution in [2.75, 3.05) is 0 Å². The van der Waals surface area contributed by atoms with Crippen LogP contribution in [-0.2, 0) is 12.8 Å². The maximum Gasteiger partial charge on any atom is 0.147 e. The molecule has 1 saturated carbocycles. The lowest BCUT2D eigenvalue weighted by molar-refractivity contribution is 0.453. The minimum Gasteiger partial charge on any atom is -0.192 e. The van der Waals surface area contributed by atoms with E-state index in [1.807, 2.05) is 6.07 Å². The van der Waals surface area contributed by atoms with Gasteiger partial charge in [0.05, 0.1) is 11.6 Å². The summed E-state index contributed by atoms with van der Waals surface area (Å²) in [5.41, 5.74) is 4.41. The number of nitrogens with zero attached hydrogens (tertiary/aromatic N) is 3. The summed E-state index contributed by atoms with van der Waals surface area (Å²) in [7, 11) is 0. The summed E-state index contributed by atoms with van der Waals surface area (Å²) < 4.78 is 0. The minimum absolute atomic E-state index is 0.532. The molecule has 1 unspecified atom stereocenters. The van der Waals surface area contributed by atoms with Crippen LogP contribution in [0.25, 0.3) is 10.6 Å². The van der Waals surface area contributed by atoms with Gasteiger partial charge in [0, 0.05) is 12.0 Å². The molecule has 1 aliphatic carbocycles. The van der Waals surface area contributed by atoms with Crippen molar-refractivity contribution in [1.82, 2.24) is 10.2 Å². The van der Waals surface area contributed by atoms with Gasteiger partial charge in [-0.25, -0.2) is 0 Å². The number of hydrogen-bond donors (Lipinski definition) is 0. The van der Waals surface area contributed by atoms with Crippen molar-refractivity contribution in [3.05, 3.63) is 58.1 Å². The molecule has 2 aromatic rings. The van der Waals surface area contributed by atoms with Gasteiger partial charge in [0.2, 0.25) is 0 Å². The topological polar surface area (TPSA) is 49.6 Å². The summed E-state index contributed by atoms with van der Waals surface area (Å²) in [6.07, 6.45) is 13.5. The predicted molar refractivity (Wildman–Crippen MR) is 117 cm³/mol. The van der Waals surface area contributed by atoms with Crippen LogP contribution in [0.1, 0.15) is 62.6 Å².